The van der Waals surface area contributed by atoms with Crippen molar-refractivity contribution >= 4 is 21.6 Å². The standard InChI is InChI=1S/C11H14N2O3S/c1-3-7(2)13-11(14)9-6-8(12)4-5-10(9)17(13,15)16/h4-7H,3,12H2,1-2H3. The van der Waals surface area contributed by atoms with E-state index in [0.29, 0.717) is 12.1 Å². The van der Waals surface area contributed by atoms with Crippen molar-refractivity contribution in [2.75, 3.05) is 5.73 Å². The summed E-state index contributed by atoms with van der Waals surface area (Å²) in [5.41, 5.74) is 6.13. The smallest absolute Gasteiger partial charge is 0.269 e. The Kier molecular flexibility index (Phi) is 2.61. The molecule has 1 heterocycles. The Morgan fingerprint density at radius 3 is 2.65 bits per heavy atom. The summed E-state index contributed by atoms with van der Waals surface area (Å²) < 4.78 is 25.3. The monoisotopic (exact) mass is 254 g/mol. The van der Waals surface area contributed by atoms with Gasteiger partial charge in [-0.05, 0) is 31.5 Å². The van der Waals surface area contributed by atoms with Gasteiger partial charge in [0.25, 0.3) is 15.9 Å². The molecule has 2 N–H and O–H groups in total. The number of nitrogens with zero attached hydrogens (tertiary/aromatic N) is 1. The van der Waals surface area contributed by atoms with Crippen LogP contribution in [-0.4, -0.2) is 24.7 Å². The molecule has 1 atom stereocenters. The Bertz CT molecular complexity index is 580. The van der Waals surface area contributed by atoms with E-state index in [1.807, 2.05) is 6.92 Å². The third-order valence-electron chi connectivity index (χ3n) is 2.96. The molecule has 0 bridgehead atoms. The molecule has 1 aliphatic rings. The van der Waals surface area contributed by atoms with Crippen LogP contribution in [0, 0.1) is 0 Å². The first-order chi connectivity index (χ1) is 7.89. The summed E-state index contributed by atoms with van der Waals surface area (Å²) in [5, 5.41) is 0. The summed E-state index contributed by atoms with van der Waals surface area (Å²) in [7, 11) is -3.70. The summed E-state index contributed by atoms with van der Waals surface area (Å²) in [6.07, 6.45) is 0.578. The number of hydrogen-bond donors (Lipinski definition) is 1. The number of benzene rings is 1. The molecule has 0 saturated carbocycles. The van der Waals surface area contributed by atoms with Crippen LogP contribution in [0.15, 0.2) is 23.1 Å². The first kappa shape index (κ1) is 11.9. The highest BCUT2D eigenvalue weighted by atomic mass is 32.2. The van der Waals surface area contributed by atoms with E-state index in [1.165, 1.54) is 18.2 Å². The van der Waals surface area contributed by atoms with Crippen LogP contribution in [0.1, 0.15) is 30.6 Å². The number of carbonyl (C=O) groups is 1. The van der Waals surface area contributed by atoms with Crippen LogP contribution < -0.4 is 5.73 Å². The van der Waals surface area contributed by atoms with Crippen molar-refractivity contribution in [1.82, 2.24) is 4.31 Å². The molecule has 0 radical (unpaired) electrons. The molecule has 5 nitrogen and oxygen atoms in total. The molecule has 1 aromatic rings. The third-order valence-corrected chi connectivity index (χ3v) is 4.92. The van der Waals surface area contributed by atoms with Crippen LogP contribution in [0.3, 0.4) is 0 Å². The maximum Gasteiger partial charge on any atom is 0.269 e. The van der Waals surface area contributed by atoms with Crippen LogP contribution in [-0.2, 0) is 10.0 Å². The molecular weight excluding hydrogens is 240 g/mol. The highest BCUT2D eigenvalue weighted by molar-refractivity contribution is 7.90. The van der Waals surface area contributed by atoms with Crippen LogP contribution >= 0.6 is 0 Å². The number of nitrogens with two attached hydrogens (primary N) is 1. The average molecular weight is 254 g/mol. The lowest BCUT2D eigenvalue weighted by Gasteiger charge is -2.21. The maximum atomic E-state index is 12.2. The Hall–Kier alpha value is -1.56. The lowest BCUT2D eigenvalue weighted by molar-refractivity contribution is 0.0838. The zero-order chi connectivity index (χ0) is 12.8. The van der Waals surface area contributed by atoms with E-state index in [1.54, 1.807) is 6.92 Å². The highest BCUT2D eigenvalue weighted by Crippen LogP contribution is 2.33. The van der Waals surface area contributed by atoms with Crippen LogP contribution in [0.5, 0.6) is 0 Å². The lowest BCUT2D eigenvalue weighted by Crippen LogP contribution is -2.37. The third kappa shape index (κ3) is 1.59. The highest BCUT2D eigenvalue weighted by Gasteiger charge is 2.43. The first-order valence-electron chi connectivity index (χ1n) is 5.38. The summed E-state index contributed by atoms with van der Waals surface area (Å²) in [6, 6.07) is 3.95. The fourth-order valence-corrected chi connectivity index (χ4v) is 3.69. The largest absolute Gasteiger partial charge is 0.399 e. The molecule has 1 aromatic carbocycles. The van der Waals surface area contributed by atoms with Gasteiger partial charge in [-0.2, -0.15) is 0 Å². The van der Waals surface area contributed by atoms with E-state index in [-0.39, 0.29) is 16.5 Å². The van der Waals surface area contributed by atoms with Gasteiger partial charge in [-0.25, -0.2) is 12.7 Å². The van der Waals surface area contributed by atoms with Gasteiger partial charge in [-0.3, -0.25) is 4.79 Å². The predicted octanol–water partition coefficient (Wildman–Crippen LogP) is 1.21. The number of fused-ring (bicyclic) bond motifs is 1. The van der Waals surface area contributed by atoms with E-state index >= 15 is 0 Å². The molecule has 17 heavy (non-hydrogen) atoms. The van der Waals surface area contributed by atoms with Gasteiger partial charge in [0.15, 0.2) is 0 Å². The van der Waals surface area contributed by atoms with Gasteiger partial charge in [0, 0.05) is 11.7 Å². The Labute approximate surface area is 100 Å². The van der Waals surface area contributed by atoms with Gasteiger partial charge in [-0.15, -0.1) is 0 Å². The minimum atomic E-state index is -3.70. The molecule has 6 heteroatoms. The quantitative estimate of drug-likeness (QED) is 0.804. The molecule has 92 valence electrons. The second kappa shape index (κ2) is 3.73. The molecule has 0 fully saturated rings. The number of amides is 1. The number of carbonyl (C=O) groups excluding carboxylic acids is 1. The normalized spacial score (nSPS) is 19.2. The number of nitrogen functional groups attached to an aromatic ring is 1. The van der Waals surface area contributed by atoms with Crippen molar-refractivity contribution in [3.8, 4) is 0 Å². The zero-order valence-corrected chi connectivity index (χ0v) is 10.5. The summed E-state index contributed by atoms with van der Waals surface area (Å²) in [6.45, 7) is 3.55. The van der Waals surface area contributed by atoms with Gasteiger partial charge >= 0.3 is 0 Å². The molecule has 0 aliphatic carbocycles. The van der Waals surface area contributed by atoms with Crippen molar-refractivity contribution in [1.29, 1.82) is 0 Å². The van der Waals surface area contributed by atoms with Crippen molar-refractivity contribution in [3.63, 3.8) is 0 Å². The van der Waals surface area contributed by atoms with Gasteiger partial charge in [0.2, 0.25) is 0 Å². The summed E-state index contributed by atoms with van der Waals surface area (Å²) in [5.74, 6) is -0.485. The van der Waals surface area contributed by atoms with Crippen LogP contribution in [0.4, 0.5) is 5.69 Å². The summed E-state index contributed by atoms with van der Waals surface area (Å²) in [4.78, 5) is 12.1. The second-order valence-electron chi connectivity index (χ2n) is 4.12. The molecule has 0 saturated heterocycles. The topological polar surface area (TPSA) is 80.5 Å². The number of sulfonamides is 1. The summed E-state index contributed by atoms with van der Waals surface area (Å²) >= 11 is 0. The fraction of sp³-hybridized carbons (Fsp3) is 0.364. The van der Waals surface area contributed by atoms with E-state index in [9.17, 15) is 13.2 Å². The average Bonchev–Trinajstić information content (AvgIpc) is 2.46. The Balaban J connectivity index is 2.64. The SMILES string of the molecule is CCC(C)N1C(=O)c2cc(N)ccc2S1(=O)=O. The fourth-order valence-electron chi connectivity index (χ4n) is 1.88. The number of anilines is 1. The minimum absolute atomic E-state index is 0.0528. The molecule has 1 aliphatic heterocycles. The maximum absolute atomic E-state index is 12.2. The van der Waals surface area contributed by atoms with Crippen molar-refractivity contribution in [2.24, 2.45) is 0 Å². The Morgan fingerprint density at radius 2 is 2.06 bits per heavy atom. The molecule has 1 amide bonds. The number of hydrogen-bond acceptors (Lipinski definition) is 4. The van der Waals surface area contributed by atoms with E-state index < -0.39 is 15.9 Å². The van der Waals surface area contributed by atoms with Crippen molar-refractivity contribution in [2.45, 2.75) is 31.2 Å². The predicted molar refractivity (Wildman–Crippen MR) is 64.0 cm³/mol. The molecule has 1 unspecified atom stereocenters. The van der Waals surface area contributed by atoms with Gasteiger partial charge in [0.1, 0.15) is 4.90 Å². The van der Waals surface area contributed by atoms with Crippen molar-refractivity contribution in [3.05, 3.63) is 23.8 Å². The van der Waals surface area contributed by atoms with Crippen LogP contribution in [0.25, 0.3) is 0 Å². The van der Waals surface area contributed by atoms with Gasteiger partial charge in [-0.1, -0.05) is 6.92 Å². The Morgan fingerprint density at radius 1 is 1.41 bits per heavy atom. The second-order valence-corrected chi connectivity index (χ2v) is 5.90. The van der Waals surface area contributed by atoms with E-state index in [0.717, 1.165) is 4.31 Å². The number of rotatable bonds is 2. The molecule has 2 rings (SSSR count). The van der Waals surface area contributed by atoms with Crippen molar-refractivity contribution < 1.29 is 13.2 Å². The molecule has 0 spiro atoms. The van der Waals surface area contributed by atoms with E-state index in [2.05, 4.69) is 0 Å². The molecule has 0 aromatic heterocycles. The minimum Gasteiger partial charge on any atom is -0.399 e. The van der Waals surface area contributed by atoms with E-state index in [4.69, 9.17) is 5.73 Å². The van der Waals surface area contributed by atoms with Gasteiger partial charge in [0.05, 0.1) is 5.56 Å². The lowest BCUT2D eigenvalue weighted by atomic mass is 10.1. The first-order valence-corrected chi connectivity index (χ1v) is 6.82. The molecular formula is C11H14N2O3S. The van der Waals surface area contributed by atoms with Crippen LogP contribution in [0.2, 0.25) is 0 Å². The zero-order valence-electron chi connectivity index (χ0n) is 9.67. The van der Waals surface area contributed by atoms with Gasteiger partial charge < -0.3 is 5.73 Å².